The molecule has 0 radical (unpaired) electrons. The predicted molar refractivity (Wildman–Crippen MR) is 61.4 cm³/mol. The van der Waals surface area contributed by atoms with E-state index >= 15 is 0 Å². The molecule has 1 aromatic heterocycles. The van der Waals surface area contributed by atoms with Crippen LogP contribution in [0.25, 0.3) is 0 Å². The number of hydrogen-bond acceptors (Lipinski definition) is 7. The number of aromatic nitrogens is 2. The van der Waals surface area contributed by atoms with Crippen molar-refractivity contribution in [3.63, 3.8) is 0 Å². The van der Waals surface area contributed by atoms with Gasteiger partial charge >= 0.3 is 5.69 Å². The summed E-state index contributed by atoms with van der Waals surface area (Å²) in [6, 6.07) is 2.27. The van der Waals surface area contributed by atoms with Crippen molar-refractivity contribution in [1.29, 1.82) is 0 Å². The third-order valence-electron chi connectivity index (χ3n) is 2.25. The lowest BCUT2D eigenvalue weighted by atomic mass is 10.3. The number of nitrogens with one attached hydrogen (secondary N) is 1. The monoisotopic (exact) mass is 302 g/mol. The molecule has 11 heteroatoms. The van der Waals surface area contributed by atoms with Crippen LogP contribution < -0.4 is 4.72 Å². The van der Waals surface area contributed by atoms with Crippen LogP contribution in [0.3, 0.4) is 0 Å². The number of rotatable bonds is 5. The van der Waals surface area contributed by atoms with Crippen LogP contribution in [0.2, 0.25) is 0 Å². The first kappa shape index (κ1) is 14.0. The Bertz CT molecular complexity index is 731. The van der Waals surface area contributed by atoms with Gasteiger partial charge < -0.3 is 4.52 Å². The smallest absolute Gasteiger partial charge is 0.304 e. The molecule has 0 saturated carbocycles. The lowest BCUT2D eigenvalue weighted by Crippen LogP contribution is -2.24. The van der Waals surface area contributed by atoms with Gasteiger partial charge in [-0.2, -0.15) is 9.37 Å². The van der Waals surface area contributed by atoms with Gasteiger partial charge in [0.25, 0.3) is 0 Å². The Kier molecular flexibility index (Phi) is 3.72. The number of sulfonamides is 1. The Balaban J connectivity index is 2.21. The minimum absolute atomic E-state index is 0.0935. The standard InChI is InChI=1S/C9H7FN4O5S/c10-7-3-6(1-2-8(7)14(15)16)20(17,18)12-4-9-11-5-19-13-9/h1-3,5,12H,4H2. The average molecular weight is 302 g/mol. The quantitative estimate of drug-likeness (QED) is 0.632. The first-order valence-electron chi connectivity index (χ1n) is 5.09. The highest BCUT2D eigenvalue weighted by Gasteiger charge is 2.20. The molecule has 0 fully saturated rings. The summed E-state index contributed by atoms with van der Waals surface area (Å²) in [5, 5.41) is 13.8. The number of halogens is 1. The van der Waals surface area contributed by atoms with Crippen molar-refractivity contribution < 1.29 is 22.3 Å². The molecule has 0 spiro atoms. The van der Waals surface area contributed by atoms with E-state index in [1.54, 1.807) is 0 Å². The summed E-state index contributed by atoms with van der Waals surface area (Å²) in [5.41, 5.74) is -0.804. The van der Waals surface area contributed by atoms with E-state index in [0.29, 0.717) is 6.07 Å². The molecule has 9 nitrogen and oxygen atoms in total. The number of nitro benzene ring substituents is 1. The SMILES string of the molecule is O=[N+]([O-])c1ccc(S(=O)(=O)NCc2ncon2)cc1F. The van der Waals surface area contributed by atoms with Crippen molar-refractivity contribution in [3.05, 3.63) is 46.3 Å². The highest BCUT2D eigenvalue weighted by Crippen LogP contribution is 2.20. The van der Waals surface area contributed by atoms with E-state index in [-0.39, 0.29) is 12.4 Å². The molecule has 0 atom stereocenters. The van der Waals surface area contributed by atoms with Crippen molar-refractivity contribution >= 4 is 15.7 Å². The lowest BCUT2D eigenvalue weighted by Gasteiger charge is -2.04. The lowest BCUT2D eigenvalue weighted by molar-refractivity contribution is -0.387. The Labute approximate surface area is 111 Å². The minimum Gasteiger partial charge on any atom is -0.343 e. The zero-order chi connectivity index (χ0) is 14.8. The van der Waals surface area contributed by atoms with Crippen LogP contribution in [0.1, 0.15) is 5.82 Å². The minimum atomic E-state index is -4.04. The fourth-order valence-corrected chi connectivity index (χ4v) is 2.31. The molecule has 2 aromatic rings. The van der Waals surface area contributed by atoms with Gasteiger partial charge in [-0.15, -0.1) is 0 Å². The van der Waals surface area contributed by atoms with Crippen LogP contribution in [0, 0.1) is 15.9 Å². The van der Waals surface area contributed by atoms with Crippen LogP contribution in [0.15, 0.2) is 34.0 Å². The second-order valence-electron chi connectivity index (χ2n) is 3.54. The average Bonchev–Trinajstić information content (AvgIpc) is 2.89. The van der Waals surface area contributed by atoms with Crippen molar-refractivity contribution in [2.24, 2.45) is 0 Å². The van der Waals surface area contributed by atoms with E-state index in [0.717, 1.165) is 18.5 Å². The summed E-state index contributed by atoms with van der Waals surface area (Å²) in [7, 11) is -4.04. The molecular weight excluding hydrogens is 295 g/mol. The van der Waals surface area contributed by atoms with Crippen molar-refractivity contribution in [2.45, 2.75) is 11.4 Å². The summed E-state index contributed by atoms with van der Waals surface area (Å²) in [4.78, 5) is 12.7. The van der Waals surface area contributed by atoms with Crippen molar-refractivity contribution in [2.75, 3.05) is 0 Å². The molecule has 20 heavy (non-hydrogen) atoms. The van der Waals surface area contributed by atoms with E-state index in [1.165, 1.54) is 0 Å². The maximum Gasteiger partial charge on any atom is 0.304 e. The second-order valence-corrected chi connectivity index (χ2v) is 5.31. The molecule has 0 unspecified atom stereocenters. The number of nitro groups is 1. The van der Waals surface area contributed by atoms with Gasteiger partial charge in [0.15, 0.2) is 5.82 Å². The van der Waals surface area contributed by atoms with Crippen LogP contribution >= 0.6 is 0 Å². The highest BCUT2D eigenvalue weighted by atomic mass is 32.2. The van der Waals surface area contributed by atoms with Crippen LogP contribution in [-0.2, 0) is 16.6 Å². The topological polar surface area (TPSA) is 128 Å². The van der Waals surface area contributed by atoms with Crippen molar-refractivity contribution in [1.82, 2.24) is 14.9 Å². The van der Waals surface area contributed by atoms with E-state index in [9.17, 15) is 22.9 Å². The number of benzene rings is 1. The van der Waals surface area contributed by atoms with Crippen LogP contribution in [0.5, 0.6) is 0 Å². The van der Waals surface area contributed by atoms with Gasteiger partial charge in [0.2, 0.25) is 22.2 Å². The maximum absolute atomic E-state index is 13.4. The van der Waals surface area contributed by atoms with Crippen LogP contribution in [0.4, 0.5) is 10.1 Å². The Morgan fingerprint density at radius 3 is 2.75 bits per heavy atom. The summed E-state index contributed by atoms with van der Waals surface area (Å²) in [5.74, 6) is -1.15. The summed E-state index contributed by atoms with van der Waals surface area (Å²) < 4.78 is 43.5. The fourth-order valence-electron chi connectivity index (χ4n) is 1.32. The van der Waals surface area contributed by atoms with E-state index in [4.69, 9.17) is 0 Å². The summed E-state index contributed by atoms with van der Waals surface area (Å²) >= 11 is 0. The fraction of sp³-hybridized carbons (Fsp3) is 0.111. The molecule has 0 saturated heterocycles. The van der Waals surface area contributed by atoms with Gasteiger partial charge in [-0.3, -0.25) is 10.1 Å². The van der Waals surface area contributed by atoms with Gasteiger partial charge in [0.1, 0.15) is 0 Å². The first-order valence-corrected chi connectivity index (χ1v) is 6.57. The normalized spacial score (nSPS) is 11.4. The zero-order valence-corrected chi connectivity index (χ0v) is 10.5. The van der Waals surface area contributed by atoms with Crippen LogP contribution in [-0.4, -0.2) is 23.5 Å². The van der Waals surface area contributed by atoms with Gasteiger partial charge in [0.05, 0.1) is 16.4 Å². The van der Waals surface area contributed by atoms with E-state index < -0.39 is 31.3 Å². The molecule has 2 rings (SSSR count). The number of hydrogen-bond donors (Lipinski definition) is 1. The van der Waals surface area contributed by atoms with Gasteiger partial charge in [0, 0.05) is 12.1 Å². The molecule has 0 amide bonds. The molecule has 1 heterocycles. The predicted octanol–water partition coefficient (Wildman–Crippen LogP) is 0.595. The largest absolute Gasteiger partial charge is 0.343 e. The van der Waals surface area contributed by atoms with E-state index in [2.05, 4.69) is 19.4 Å². The Hall–Kier alpha value is -2.40. The van der Waals surface area contributed by atoms with Gasteiger partial charge in [-0.1, -0.05) is 5.16 Å². The first-order chi connectivity index (χ1) is 9.40. The molecule has 0 aliphatic heterocycles. The van der Waals surface area contributed by atoms with Crippen molar-refractivity contribution in [3.8, 4) is 0 Å². The Morgan fingerprint density at radius 1 is 1.45 bits per heavy atom. The number of nitrogens with zero attached hydrogens (tertiary/aromatic N) is 3. The summed E-state index contributed by atoms with van der Waals surface area (Å²) in [6.45, 7) is -0.253. The van der Waals surface area contributed by atoms with Gasteiger partial charge in [-0.05, 0) is 6.07 Å². The van der Waals surface area contributed by atoms with E-state index in [1.807, 2.05) is 0 Å². The molecule has 1 N–H and O–H groups in total. The molecular formula is C9H7FN4O5S. The molecule has 106 valence electrons. The molecule has 0 bridgehead atoms. The summed E-state index contributed by atoms with van der Waals surface area (Å²) in [6.07, 6.45) is 1.02. The Morgan fingerprint density at radius 2 is 2.20 bits per heavy atom. The molecule has 1 aromatic carbocycles. The maximum atomic E-state index is 13.4. The third-order valence-corrected chi connectivity index (χ3v) is 3.65. The van der Waals surface area contributed by atoms with Gasteiger partial charge in [-0.25, -0.2) is 13.1 Å². The second kappa shape index (κ2) is 5.30. The molecule has 0 aliphatic rings. The zero-order valence-electron chi connectivity index (χ0n) is 9.69. The third kappa shape index (κ3) is 2.95. The molecule has 0 aliphatic carbocycles. The highest BCUT2D eigenvalue weighted by molar-refractivity contribution is 7.89.